The number of carbonyl (C=O) groups is 1. The van der Waals surface area contributed by atoms with Crippen molar-refractivity contribution in [3.63, 3.8) is 0 Å². The Kier molecular flexibility index (Phi) is 5.08. The molecule has 1 amide bonds. The molecule has 2 aromatic rings. The van der Waals surface area contributed by atoms with E-state index >= 15 is 0 Å². The van der Waals surface area contributed by atoms with Gasteiger partial charge in [0.15, 0.2) is 0 Å². The van der Waals surface area contributed by atoms with Crippen LogP contribution in [0.25, 0.3) is 0 Å². The lowest BCUT2D eigenvalue weighted by molar-refractivity contribution is 0.0951. The summed E-state index contributed by atoms with van der Waals surface area (Å²) in [4.78, 5) is 12.1. The van der Waals surface area contributed by atoms with Gasteiger partial charge in [-0.1, -0.05) is 39.1 Å². The number of halogens is 4. The van der Waals surface area contributed by atoms with Gasteiger partial charge in [0.1, 0.15) is 5.82 Å². The van der Waals surface area contributed by atoms with Crippen molar-refractivity contribution in [1.29, 1.82) is 0 Å². The standard InChI is InChI=1S/C14H10BrCl2FN2O/c15-11-2-1-8(18)3-7(11)6-20-14(21)10-4-9(19)5-12(16)13(10)17/h1-5H,6,19H2,(H,20,21). The first-order chi connectivity index (χ1) is 9.88. The number of rotatable bonds is 3. The van der Waals surface area contributed by atoms with E-state index in [-0.39, 0.29) is 28.0 Å². The van der Waals surface area contributed by atoms with Crippen molar-refractivity contribution in [2.24, 2.45) is 0 Å². The highest BCUT2D eigenvalue weighted by Gasteiger charge is 2.14. The average molecular weight is 392 g/mol. The van der Waals surface area contributed by atoms with Crippen molar-refractivity contribution in [3.8, 4) is 0 Å². The Hall–Kier alpha value is -1.30. The molecule has 2 aromatic carbocycles. The molecule has 2 rings (SSSR count). The van der Waals surface area contributed by atoms with Gasteiger partial charge in [0.25, 0.3) is 5.91 Å². The molecule has 0 aromatic heterocycles. The quantitative estimate of drug-likeness (QED) is 0.761. The van der Waals surface area contributed by atoms with Crippen molar-refractivity contribution in [2.45, 2.75) is 6.54 Å². The number of hydrogen-bond donors (Lipinski definition) is 2. The van der Waals surface area contributed by atoms with E-state index in [4.69, 9.17) is 28.9 Å². The fourth-order valence-corrected chi connectivity index (χ4v) is 2.53. The number of hydrogen-bond acceptors (Lipinski definition) is 2. The molecular weight excluding hydrogens is 382 g/mol. The Morgan fingerprint density at radius 2 is 2.00 bits per heavy atom. The van der Waals surface area contributed by atoms with Crippen molar-refractivity contribution in [2.75, 3.05) is 5.73 Å². The minimum absolute atomic E-state index is 0.127. The van der Waals surface area contributed by atoms with E-state index in [1.807, 2.05) is 0 Å². The predicted molar refractivity (Wildman–Crippen MR) is 86.1 cm³/mol. The fraction of sp³-hybridized carbons (Fsp3) is 0.0714. The van der Waals surface area contributed by atoms with Crippen LogP contribution >= 0.6 is 39.1 Å². The summed E-state index contributed by atoms with van der Waals surface area (Å²) in [7, 11) is 0. The molecule has 0 atom stereocenters. The molecule has 0 fully saturated rings. The van der Waals surface area contributed by atoms with Gasteiger partial charge in [-0.3, -0.25) is 4.79 Å². The zero-order chi connectivity index (χ0) is 15.6. The fourth-order valence-electron chi connectivity index (χ4n) is 1.72. The zero-order valence-corrected chi connectivity index (χ0v) is 13.7. The first-order valence-electron chi connectivity index (χ1n) is 5.85. The van der Waals surface area contributed by atoms with Crippen molar-refractivity contribution in [1.82, 2.24) is 5.32 Å². The van der Waals surface area contributed by atoms with Gasteiger partial charge in [-0.05, 0) is 35.9 Å². The molecule has 0 aliphatic carbocycles. The van der Waals surface area contributed by atoms with Crippen LogP contribution < -0.4 is 11.1 Å². The third-order valence-corrected chi connectivity index (χ3v) is 4.32. The predicted octanol–water partition coefficient (Wildman–Crippen LogP) is 4.41. The first kappa shape index (κ1) is 16.1. The summed E-state index contributed by atoms with van der Waals surface area (Å²) in [6.45, 7) is 0.139. The molecule has 0 unspecified atom stereocenters. The lowest BCUT2D eigenvalue weighted by atomic mass is 10.1. The van der Waals surface area contributed by atoms with Gasteiger partial charge in [0, 0.05) is 16.7 Å². The number of amides is 1. The molecule has 0 saturated carbocycles. The summed E-state index contributed by atoms with van der Waals surface area (Å²) in [5.41, 5.74) is 6.75. The molecule has 0 heterocycles. The summed E-state index contributed by atoms with van der Waals surface area (Å²) in [6.07, 6.45) is 0. The number of anilines is 1. The summed E-state index contributed by atoms with van der Waals surface area (Å²) in [5, 5.41) is 2.97. The lowest BCUT2D eigenvalue weighted by Crippen LogP contribution is -2.23. The maximum atomic E-state index is 13.2. The van der Waals surface area contributed by atoms with Gasteiger partial charge in [-0.25, -0.2) is 4.39 Å². The van der Waals surface area contributed by atoms with E-state index < -0.39 is 5.91 Å². The van der Waals surface area contributed by atoms with E-state index in [1.54, 1.807) is 6.07 Å². The van der Waals surface area contributed by atoms with Crippen LogP contribution in [-0.4, -0.2) is 5.91 Å². The van der Waals surface area contributed by atoms with Gasteiger partial charge >= 0.3 is 0 Å². The molecule has 0 spiro atoms. The molecule has 0 aliphatic rings. The summed E-state index contributed by atoms with van der Waals surface area (Å²) >= 11 is 15.1. The SMILES string of the molecule is Nc1cc(Cl)c(Cl)c(C(=O)NCc2cc(F)ccc2Br)c1. The van der Waals surface area contributed by atoms with Crippen LogP contribution in [-0.2, 0) is 6.54 Å². The smallest absolute Gasteiger partial charge is 0.253 e. The molecule has 3 N–H and O–H groups in total. The maximum absolute atomic E-state index is 13.2. The number of nitrogen functional groups attached to an aromatic ring is 1. The Balaban J connectivity index is 2.17. The second kappa shape index (κ2) is 6.64. The number of benzene rings is 2. The minimum Gasteiger partial charge on any atom is -0.399 e. The van der Waals surface area contributed by atoms with Crippen LogP contribution in [0.15, 0.2) is 34.8 Å². The topological polar surface area (TPSA) is 55.1 Å². The van der Waals surface area contributed by atoms with E-state index in [0.29, 0.717) is 15.7 Å². The van der Waals surface area contributed by atoms with Gasteiger partial charge in [0.05, 0.1) is 15.6 Å². The van der Waals surface area contributed by atoms with Crippen LogP contribution in [0.1, 0.15) is 15.9 Å². The van der Waals surface area contributed by atoms with E-state index in [2.05, 4.69) is 21.2 Å². The summed E-state index contributed by atoms with van der Waals surface area (Å²) in [5.74, 6) is -0.821. The highest BCUT2D eigenvalue weighted by atomic mass is 79.9. The van der Waals surface area contributed by atoms with Crippen molar-refractivity contribution in [3.05, 3.63) is 61.8 Å². The average Bonchev–Trinajstić information content (AvgIpc) is 2.43. The summed E-state index contributed by atoms with van der Waals surface area (Å²) in [6, 6.07) is 7.12. The molecule has 0 saturated heterocycles. The first-order valence-corrected chi connectivity index (χ1v) is 7.40. The van der Waals surface area contributed by atoms with Crippen LogP contribution in [0, 0.1) is 5.82 Å². The number of nitrogens with two attached hydrogens (primary N) is 1. The van der Waals surface area contributed by atoms with Crippen molar-refractivity contribution < 1.29 is 9.18 Å². The second-order valence-electron chi connectivity index (χ2n) is 4.28. The van der Waals surface area contributed by atoms with Gasteiger partial charge in [-0.15, -0.1) is 0 Å². The molecular formula is C14H10BrCl2FN2O. The van der Waals surface area contributed by atoms with E-state index in [9.17, 15) is 9.18 Å². The molecule has 3 nitrogen and oxygen atoms in total. The second-order valence-corrected chi connectivity index (χ2v) is 5.92. The van der Waals surface area contributed by atoms with Gasteiger partial charge < -0.3 is 11.1 Å². The molecule has 0 aliphatic heterocycles. The Morgan fingerprint density at radius 1 is 1.29 bits per heavy atom. The number of nitrogens with one attached hydrogen (secondary N) is 1. The molecule has 0 bridgehead atoms. The third-order valence-electron chi connectivity index (χ3n) is 2.74. The van der Waals surface area contributed by atoms with Crippen molar-refractivity contribution >= 4 is 50.7 Å². The minimum atomic E-state index is -0.439. The number of carbonyl (C=O) groups excluding carboxylic acids is 1. The Bertz CT molecular complexity index is 710. The Morgan fingerprint density at radius 3 is 2.71 bits per heavy atom. The van der Waals surface area contributed by atoms with E-state index in [0.717, 1.165) is 0 Å². The van der Waals surface area contributed by atoms with E-state index in [1.165, 1.54) is 24.3 Å². The molecule has 21 heavy (non-hydrogen) atoms. The lowest BCUT2D eigenvalue weighted by Gasteiger charge is -2.10. The third kappa shape index (κ3) is 3.87. The van der Waals surface area contributed by atoms with Gasteiger partial charge in [-0.2, -0.15) is 0 Å². The Labute approximate surface area is 139 Å². The monoisotopic (exact) mass is 390 g/mol. The highest BCUT2D eigenvalue weighted by Crippen LogP contribution is 2.28. The van der Waals surface area contributed by atoms with Crippen LogP contribution in [0.3, 0.4) is 0 Å². The molecule has 0 radical (unpaired) electrons. The molecule has 110 valence electrons. The highest BCUT2D eigenvalue weighted by molar-refractivity contribution is 9.10. The largest absolute Gasteiger partial charge is 0.399 e. The summed E-state index contributed by atoms with van der Waals surface area (Å²) < 4.78 is 13.9. The zero-order valence-electron chi connectivity index (χ0n) is 10.6. The van der Waals surface area contributed by atoms with Gasteiger partial charge in [0.2, 0.25) is 0 Å². The van der Waals surface area contributed by atoms with Crippen LogP contribution in [0.5, 0.6) is 0 Å². The maximum Gasteiger partial charge on any atom is 0.253 e. The molecule has 7 heteroatoms. The normalized spacial score (nSPS) is 10.5. The van der Waals surface area contributed by atoms with Crippen LogP contribution in [0.4, 0.5) is 10.1 Å². The van der Waals surface area contributed by atoms with Crippen LogP contribution in [0.2, 0.25) is 10.0 Å².